The topological polar surface area (TPSA) is 49.4 Å². The molecule has 0 unspecified atom stereocenters. The Morgan fingerprint density at radius 1 is 0.800 bits per heavy atom. The molecule has 0 aliphatic rings. The summed E-state index contributed by atoms with van der Waals surface area (Å²) in [6, 6.07) is 29.7. The van der Waals surface area contributed by atoms with E-state index >= 15 is 0 Å². The molecule has 0 saturated carbocycles. The second-order valence-corrected chi connectivity index (χ2v) is 9.11. The number of halogens is 2. The van der Waals surface area contributed by atoms with E-state index in [-0.39, 0.29) is 18.2 Å². The van der Waals surface area contributed by atoms with Gasteiger partial charge < -0.3 is 10.2 Å². The van der Waals surface area contributed by atoms with Gasteiger partial charge in [0.15, 0.2) is 0 Å². The van der Waals surface area contributed by atoms with Gasteiger partial charge in [-0.05, 0) is 66.1 Å². The van der Waals surface area contributed by atoms with Crippen LogP contribution < -0.4 is 10.2 Å². The Labute approximate surface area is 215 Å². The predicted molar refractivity (Wildman–Crippen MR) is 143 cm³/mol. The van der Waals surface area contributed by atoms with E-state index in [4.69, 9.17) is 23.2 Å². The average molecular weight is 503 g/mol. The molecule has 4 aromatic carbocycles. The van der Waals surface area contributed by atoms with E-state index in [1.165, 1.54) is 0 Å². The summed E-state index contributed by atoms with van der Waals surface area (Å²) in [5.74, 6) is -0.339. The average Bonchev–Trinajstić information content (AvgIpc) is 2.83. The SMILES string of the molecule is Cc1cccc(NC(=O)Cc2ccc(N(Cc3ccccc3)C(=O)c3ccc(Cl)cc3Cl)cc2)c1. The zero-order valence-corrected chi connectivity index (χ0v) is 20.7. The van der Waals surface area contributed by atoms with E-state index in [0.29, 0.717) is 27.8 Å². The third kappa shape index (κ3) is 6.50. The van der Waals surface area contributed by atoms with E-state index < -0.39 is 0 Å². The number of hydrogen-bond acceptors (Lipinski definition) is 2. The van der Waals surface area contributed by atoms with Gasteiger partial charge in [-0.25, -0.2) is 0 Å². The standard InChI is InChI=1S/C29H24Cl2N2O2/c1-20-6-5-9-24(16-20)32-28(34)17-21-10-13-25(14-11-21)33(19-22-7-3-2-4-8-22)29(35)26-15-12-23(30)18-27(26)31/h2-16,18H,17,19H2,1H3,(H,32,34). The summed E-state index contributed by atoms with van der Waals surface area (Å²) in [5, 5.41) is 3.69. The Hall–Kier alpha value is -3.60. The molecule has 4 rings (SSSR count). The maximum atomic E-state index is 13.5. The van der Waals surface area contributed by atoms with Crippen molar-refractivity contribution >= 4 is 46.4 Å². The maximum absolute atomic E-state index is 13.5. The minimum Gasteiger partial charge on any atom is -0.326 e. The minimum atomic E-state index is -0.236. The highest BCUT2D eigenvalue weighted by molar-refractivity contribution is 6.37. The minimum absolute atomic E-state index is 0.103. The fourth-order valence-corrected chi connectivity index (χ4v) is 4.25. The number of nitrogens with zero attached hydrogens (tertiary/aromatic N) is 1. The molecule has 0 aliphatic carbocycles. The largest absolute Gasteiger partial charge is 0.326 e. The Kier molecular flexibility index (Phi) is 7.86. The molecule has 0 radical (unpaired) electrons. The highest BCUT2D eigenvalue weighted by atomic mass is 35.5. The van der Waals surface area contributed by atoms with Crippen molar-refractivity contribution in [3.8, 4) is 0 Å². The first kappa shape index (κ1) is 24.5. The van der Waals surface area contributed by atoms with Gasteiger partial charge in [0.25, 0.3) is 5.91 Å². The van der Waals surface area contributed by atoms with Crippen LogP contribution in [0.1, 0.15) is 27.0 Å². The van der Waals surface area contributed by atoms with Crippen molar-refractivity contribution < 1.29 is 9.59 Å². The smallest absolute Gasteiger partial charge is 0.260 e. The highest BCUT2D eigenvalue weighted by Crippen LogP contribution is 2.26. The van der Waals surface area contributed by atoms with Crippen LogP contribution in [-0.4, -0.2) is 11.8 Å². The number of aryl methyl sites for hydroxylation is 1. The summed E-state index contributed by atoms with van der Waals surface area (Å²) >= 11 is 12.4. The lowest BCUT2D eigenvalue weighted by atomic mass is 10.1. The van der Waals surface area contributed by atoms with Crippen molar-refractivity contribution in [2.24, 2.45) is 0 Å². The van der Waals surface area contributed by atoms with Crippen LogP contribution in [0.4, 0.5) is 11.4 Å². The number of anilines is 2. The van der Waals surface area contributed by atoms with Crippen LogP contribution in [0.3, 0.4) is 0 Å². The van der Waals surface area contributed by atoms with Crippen molar-refractivity contribution in [1.29, 1.82) is 0 Å². The quantitative estimate of drug-likeness (QED) is 0.287. The van der Waals surface area contributed by atoms with Gasteiger partial charge in [-0.2, -0.15) is 0 Å². The normalized spacial score (nSPS) is 10.6. The van der Waals surface area contributed by atoms with Crippen molar-refractivity contribution in [1.82, 2.24) is 0 Å². The van der Waals surface area contributed by atoms with E-state index in [2.05, 4.69) is 5.32 Å². The molecule has 0 aliphatic heterocycles. The molecular weight excluding hydrogens is 479 g/mol. The highest BCUT2D eigenvalue weighted by Gasteiger charge is 2.21. The molecule has 0 saturated heterocycles. The predicted octanol–water partition coefficient (Wildman–Crippen LogP) is 7.33. The lowest BCUT2D eigenvalue weighted by Gasteiger charge is -2.24. The van der Waals surface area contributed by atoms with Crippen molar-refractivity contribution in [3.05, 3.63) is 129 Å². The summed E-state index contributed by atoms with van der Waals surface area (Å²) in [4.78, 5) is 27.7. The first-order valence-electron chi connectivity index (χ1n) is 11.2. The molecular formula is C29H24Cl2N2O2. The fraction of sp³-hybridized carbons (Fsp3) is 0.103. The van der Waals surface area contributed by atoms with Gasteiger partial charge in [-0.3, -0.25) is 9.59 Å². The molecule has 176 valence electrons. The van der Waals surface area contributed by atoms with Gasteiger partial charge in [0.05, 0.1) is 23.6 Å². The molecule has 1 N–H and O–H groups in total. The van der Waals surface area contributed by atoms with E-state index in [9.17, 15) is 9.59 Å². The second-order valence-electron chi connectivity index (χ2n) is 8.26. The lowest BCUT2D eigenvalue weighted by Crippen LogP contribution is -2.30. The van der Waals surface area contributed by atoms with Crippen LogP contribution >= 0.6 is 23.2 Å². The molecule has 2 amide bonds. The van der Waals surface area contributed by atoms with E-state index in [1.807, 2.05) is 85.8 Å². The van der Waals surface area contributed by atoms with Crippen molar-refractivity contribution in [2.75, 3.05) is 10.2 Å². The molecule has 0 heterocycles. The Balaban J connectivity index is 1.55. The maximum Gasteiger partial charge on any atom is 0.260 e. The van der Waals surface area contributed by atoms with E-state index in [1.54, 1.807) is 23.1 Å². The molecule has 0 fully saturated rings. The van der Waals surface area contributed by atoms with Crippen LogP contribution in [0.5, 0.6) is 0 Å². The van der Waals surface area contributed by atoms with Crippen molar-refractivity contribution in [2.45, 2.75) is 19.9 Å². The fourth-order valence-electron chi connectivity index (χ4n) is 3.76. The van der Waals surface area contributed by atoms with E-state index in [0.717, 1.165) is 22.4 Å². The lowest BCUT2D eigenvalue weighted by molar-refractivity contribution is -0.115. The van der Waals surface area contributed by atoms with Gasteiger partial charge in [0, 0.05) is 16.4 Å². The summed E-state index contributed by atoms with van der Waals surface area (Å²) in [5.41, 5.74) is 4.74. The third-order valence-corrected chi connectivity index (χ3v) is 6.05. The first-order valence-corrected chi connectivity index (χ1v) is 11.9. The number of hydrogen-bond donors (Lipinski definition) is 1. The number of rotatable bonds is 7. The van der Waals surface area contributed by atoms with Crippen LogP contribution in [0.15, 0.2) is 97.1 Å². The molecule has 6 heteroatoms. The summed E-state index contributed by atoms with van der Waals surface area (Å²) in [7, 11) is 0. The second kappa shape index (κ2) is 11.2. The number of amides is 2. The molecule has 4 aromatic rings. The molecule has 0 aromatic heterocycles. The van der Waals surface area contributed by atoms with Crippen LogP contribution in [0.25, 0.3) is 0 Å². The zero-order chi connectivity index (χ0) is 24.8. The number of benzene rings is 4. The van der Waals surface area contributed by atoms with Crippen LogP contribution in [-0.2, 0) is 17.8 Å². The molecule has 0 bridgehead atoms. The monoisotopic (exact) mass is 502 g/mol. The zero-order valence-electron chi connectivity index (χ0n) is 19.2. The molecule has 35 heavy (non-hydrogen) atoms. The number of carbonyl (C=O) groups is 2. The van der Waals surface area contributed by atoms with Gasteiger partial charge in [0.2, 0.25) is 5.91 Å². The summed E-state index contributed by atoms with van der Waals surface area (Å²) < 4.78 is 0. The molecule has 4 nitrogen and oxygen atoms in total. The van der Waals surface area contributed by atoms with Gasteiger partial charge in [0.1, 0.15) is 0 Å². The van der Waals surface area contributed by atoms with Gasteiger partial charge >= 0.3 is 0 Å². The summed E-state index contributed by atoms with van der Waals surface area (Å²) in [6.07, 6.45) is 0.226. The third-order valence-electron chi connectivity index (χ3n) is 5.50. The Morgan fingerprint density at radius 2 is 1.54 bits per heavy atom. The number of carbonyl (C=O) groups excluding carboxylic acids is 2. The van der Waals surface area contributed by atoms with Crippen LogP contribution in [0.2, 0.25) is 10.0 Å². The van der Waals surface area contributed by atoms with Crippen LogP contribution in [0, 0.1) is 6.92 Å². The van der Waals surface area contributed by atoms with Gasteiger partial charge in [-0.15, -0.1) is 0 Å². The Morgan fingerprint density at radius 3 is 2.23 bits per heavy atom. The van der Waals surface area contributed by atoms with Gasteiger partial charge in [-0.1, -0.05) is 77.8 Å². The molecule has 0 atom stereocenters. The van der Waals surface area contributed by atoms with Crippen molar-refractivity contribution in [3.63, 3.8) is 0 Å². The Bertz CT molecular complexity index is 1340. The first-order chi connectivity index (χ1) is 16.9. The molecule has 0 spiro atoms. The number of nitrogens with one attached hydrogen (secondary N) is 1. The summed E-state index contributed by atoms with van der Waals surface area (Å²) in [6.45, 7) is 2.35.